The van der Waals surface area contributed by atoms with Crippen LogP contribution in [0.4, 0.5) is 0 Å². The van der Waals surface area contributed by atoms with Crippen molar-refractivity contribution in [1.29, 1.82) is 0 Å². The van der Waals surface area contributed by atoms with Crippen molar-refractivity contribution in [2.24, 2.45) is 5.10 Å². The lowest BCUT2D eigenvalue weighted by Gasteiger charge is -1.99. The fourth-order valence-corrected chi connectivity index (χ4v) is 2.42. The average molecular weight is 324 g/mol. The lowest BCUT2D eigenvalue weighted by Crippen LogP contribution is -2.17. The van der Waals surface area contributed by atoms with Crippen LogP contribution in [-0.4, -0.2) is 17.1 Å². The molecule has 4 nitrogen and oxygen atoms in total. The third kappa shape index (κ3) is 3.24. The van der Waals surface area contributed by atoms with Crippen LogP contribution in [0.25, 0.3) is 0 Å². The summed E-state index contributed by atoms with van der Waals surface area (Å²) in [5.41, 5.74) is 4.07. The Labute approximate surface area is 117 Å². The van der Waals surface area contributed by atoms with Gasteiger partial charge in [-0.05, 0) is 45.9 Å². The number of carbonyl (C=O) groups excluding carboxylic acids is 1. The van der Waals surface area contributed by atoms with E-state index in [0.29, 0.717) is 5.56 Å². The number of nitrogens with zero attached hydrogens (tertiary/aromatic N) is 2. The SMILES string of the molecule is Cc1ccsc1/C=N\NC(=O)c1cncc(Br)c1. The molecule has 0 saturated heterocycles. The molecule has 0 bridgehead atoms. The average Bonchev–Trinajstić information content (AvgIpc) is 2.75. The zero-order valence-corrected chi connectivity index (χ0v) is 12.0. The van der Waals surface area contributed by atoms with Crippen LogP contribution in [0.2, 0.25) is 0 Å². The Morgan fingerprint density at radius 1 is 1.56 bits per heavy atom. The van der Waals surface area contributed by atoms with Gasteiger partial charge in [-0.1, -0.05) is 0 Å². The van der Waals surface area contributed by atoms with E-state index in [4.69, 9.17) is 0 Å². The molecule has 0 fully saturated rings. The largest absolute Gasteiger partial charge is 0.272 e. The van der Waals surface area contributed by atoms with Crippen molar-refractivity contribution in [1.82, 2.24) is 10.4 Å². The number of hydrogen-bond donors (Lipinski definition) is 1. The highest BCUT2D eigenvalue weighted by molar-refractivity contribution is 9.10. The molecule has 92 valence electrons. The lowest BCUT2D eigenvalue weighted by molar-refractivity contribution is 0.0954. The molecule has 0 atom stereocenters. The molecule has 2 heterocycles. The maximum absolute atomic E-state index is 11.7. The second kappa shape index (κ2) is 5.88. The van der Waals surface area contributed by atoms with Crippen molar-refractivity contribution in [3.8, 4) is 0 Å². The van der Waals surface area contributed by atoms with E-state index in [9.17, 15) is 4.79 Å². The highest BCUT2D eigenvalue weighted by Crippen LogP contribution is 2.12. The van der Waals surface area contributed by atoms with Gasteiger partial charge in [0, 0.05) is 21.7 Å². The van der Waals surface area contributed by atoms with Gasteiger partial charge < -0.3 is 0 Å². The molecule has 0 spiro atoms. The Hall–Kier alpha value is -1.53. The zero-order chi connectivity index (χ0) is 13.0. The molecule has 0 unspecified atom stereocenters. The van der Waals surface area contributed by atoms with Crippen LogP contribution in [0.15, 0.2) is 39.5 Å². The monoisotopic (exact) mass is 323 g/mol. The zero-order valence-electron chi connectivity index (χ0n) is 9.55. The third-order valence-corrected chi connectivity index (χ3v) is 3.60. The van der Waals surface area contributed by atoms with Crippen molar-refractivity contribution < 1.29 is 4.79 Å². The summed E-state index contributed by atoms with van der Waals surface area (Å²) in [6.45, 7) is 2.00. The Morgan fingerprint density at radius 2 is 2.39 bits per heavy atom. The number of pyridine rings is 1. The van der Waals surface area contributed by atoms with E-state index in [-0.39, 0.29) is 5.91 Å². The maximum atomic E-state index is 11.7. The Bertz CT molecular complexity index is 595. The smallest absolute Gasteiger partial charge is 0.267 e. The Morgan fingerprint density at radius 3 is 3.06 bits per heavy atom. The predicted molar refractivity (Wildman–Crippen MR) is 76.1 cm³/mol. The second-order valence-electron chi connectivity index (χ2n) is 3.56. The van der Waals surface area contributed by atoms with Gasteiger partial charge in [0.25, 0.3) is 5.91 Å². The third-order valence-electron chi connectivity index (χ3n) is 2.22. The highest BCUT2D eigenvalue weighted by atomic mass is 79.9. The molecule has 0 aromatic carbocycles. The molecule has 6 heteroatoms. The summed E-state index contributed by atoms with van der Waals surface area (Å²) < 4.78 is 0.758. The minimum atomic E-state index is -0.283. The van der Waals surface area contributed by atoms with Gasteiger partial charge in [0.05, 0.1) is 11.8 Å². The van der Waals surface area contributed by atoms with Crippen LogP contribution in [0.1, 0.15) is 20.8 Å². The van der Waals surface area contributed by atoms with E-state index in [1.807, 2.05) is 18.4 Å². The predicted octanol–water partition coefficient (Wildman–Crippen LogP) is 2.98. The molecule has 2 aromatic rings. The molecule has 0 radical (unpaired) electrons. The number of thiophene rings is 1. The molecule has 2 rings (SSSR count). The minimum Gasteiger partial charge on any atom is -0.267 e. The molecule has 2 aromatic heterocycles. The van der Waals surface area contributed by atoms with Gasteiger partial charge in [-0.15, -0.1) is 11.3 Å². The fraction of sp³-hybridized carbons (Fsp3) is 0.0833. The first-order valence-corrected chi connectivity index (χ1v) is 6.82. The number of aromatic nitrogens is 1. The van der Waals surface area contributed by atoms with E-state index in [0.717, 1.165) is 14.9 Å². The van der Waals surface area contributed by atoms with Gasteiger partial charge in [0.2, 0.25) is 0 Å². The molecular weight excluding hydrogens is 314 g/mol. The first kappa shape index (κ1) is 12.9. The van der Waals surface area contributed by atoms with Crippen LogP contribution in [0, 0.1) is 6.92 Å². The molecule has 0 aliphatic heterocycles. The van der Waals surface area contributed by atoms with E-state index in [1.165, 1.54) is 6.20 Å². The van der Waals surface area contributed by atoms with Gasteiger partial charge in [-0.2, -0.15) is 5.10 Å². The van der Waals surface area contributed by atoms with Crippen LogP contribution in [0.3, 0.4) is 0 Å². The molecule has 18 heavy (non-hydrogen) atoms. The van der Waals surface area contributed by atoms with Crippen LogP contribution in [0.5, 0.6) is 0 Å². The highest BCUT2D eigenvalue weighted by Gasteiger charge is 2.04. The number of carbonyl (C=O) groups is 1. The Balaban J connectivity index is 2.01. The first-order chi connectivity index (χ1) is 8.66. The number of hydrogen-bond acceptors (Lipinski definition) is 4. The summed E-state index contributed by atoms with van der Waals surface area (Å²) >= 11 is 4.84. The number of hydrazone groups is 1. The number of rotatable bonds is 3. The number of halogens is 1. The second-order valence-corrected chi connectivity index (χ2v) is 5.42. The molecule has 0 aliphatic carbocycles. The Kier molecular flexibility index (Phi) is 4.22. The van der Waals surface area contributed by atoms with Gasteiger partial charge in [-0.25, -0.2) is 5.43 Å². The van der Waals surface area contributed by atoms with Gasteiger partial charge in [0.1, 0.15) is 0 Å². The maximum Gasteiger partial charge on any atom is 0.272 e. The summed E-state index contributed by atoms with van der Waals surface area (Å²) in [6.07, 6.45) is 4.75. The van der Waals surface area contributed by atoms with Gasteiger partial charge >= 0.3 is 0 Å². The lowest BCUT2D eigenvalue weighted by atomic mass is 10.3. The van der Waals surface area contributed by atoms with Crippen molar-refractivity contribution >= 4 is 39.4 Å². The summed E-state index contributed by atoms with van der Waals surface area (Å²) in [4.78, 5) is 16.7. The molecule has 1 amide bonds. The first-order valence-electron chi connectivity index (χ1n) is 5.15. The number of aryl methyl sites for hydroxylation is 1. The van der Waals surface area contributed by atoms with Crippen molar-refractivity contribution in [2.45, 2.75) is 6.92 Å². The van der Waals surface area contributed by atoms with Crippen LogP contribution in [-0.2, 0) is 0 Å². The van der Waals surface area contributed by atoms with Gasteiger partial charge in [0.15, 0.2) is 0 Å². The topological polar surface area (TPSA) is 54.4 Å². The molecular formula is C12H10BrN3OS. The van der Waals surface area contributed by atoms with E-state index in [2.05, 4.69) is 31.4 Å². The summed E-state index contributed by atoms with van der Waals surface area (Å²) in [6, 6.07) is 3.69. The normalized spacial score (nSPS) is 10.8. The van der Waals surface area contributed by atoms with Crippen LogP contribution < -0.4 is 5.43 Å². The molecule has 0 aliphatic rings. The van der Waals surface area contributed by atoms with Crippen molar-refractivity contribution in [2.75, 3.05) is 0 Å². The summed E-state index contributed by atoms with van der Waals surface area (Å²) in [5.74, 6) is -0.283. The molecule has 1 N–H and O–H groups in total. The number of amides is 1. The fourth-order valence-electron chi connectivity index (χ4n) is 1.27. The molecule has 0 saturated carbocycles. The minimum absolute atomic E-state index is 0.283. The summed E-state index contributed by atoms with van der Waals surface area (Å²) in [7, 11) is 0. The van der Waals surface area contributed by atoms with Gasteiger partial charge in [-0.3, -0.25) is 9.78 Å². The van der Waals surface area contributed by atoms with Crippen molar-refractivity contribution in [3.05, 3.63) is 50.4 Å². The van der Waals surface area contributed by atoms with E-state index in [1.54, 1.807) is 29.8 Å². The standard InChI is InChI=1S/C12H10BrN3OS/c1-8-2-3-18-11(8)7-15-16-12(17)9-4-10(13)6-14-5-9/h2-7H,1H3,(H,16,17)/b15-7-. The summed E-state index contributed by atoms with van der Waals surface area (Å²) in [5, 5.41) is 5.91. The number of nitrogens with one attached hydrogen (secondary N) is 1. The van der Waals surface area contributed by atoms with E-state index < -0.39 is 0 Å². The van der Waals surface area contributed by atoms with E-state index >= 15 is 0 Å². The van der Waals surface area contributed by atoms with Crippen LogP contribution >= 0.6 is 27.3 Å². The van der Waals surface area contributed by atoms with Crippen molar-refractivity contribution in [3.63, 3.8) is 0 Å². The quantitative estimate of drug-likeness (QED) is 0.697.